The predicted molar refractivity (Wildman–Crippen MR) is 296 cm³/mol. The fraction of sp³-hybridized carbons (Fsp3) is 0.153. The van der Waals surface area contributed by atoms with Crippen LogP contribution >= 0.6 is 46.0 Å². The summed E-state index contributed by atoms with van der Waals surface area (Å²) in [6.45, 7) is -0.0611. The van der Waals surface area contributed by atoms with Gasteiger partial charge in [0, 0.05) is 22.6 Å². The second kappa shape index (κ2) is 23.7. The maximum Gasteiger partial charge on any atom is 0.356 e. The molecule has 1 fully saturated rings. The number of thiophene rings is 1. The molecule has 0 unspecified atom stereocenters. The van der Waals surface area contributed by atoms with Crippen LogP contribution < -0.4 is 15.4 Å². The maximum absolute atomic E-state index is 15.0. The minimum atomic E-state index is -1.44. The van der Waals surface area contributed by atoms with E-state index in [2.05, 4.69) is 15.8 Å². The van der Waals surface area contributed by atoms with Crippen LogP contribution in [-0.2, 0) is 45.6 Å². The molecule has 17 heteroatoms. The number of halogens is 1. The van der Waals surface area contributed by atoms with Gasteiger partial charge < -0.3 is 29.7 Å². The number of anilines is 1. The van der Waals surface area contributed by atoms with Gasteiger partial charge in [0.05, 0.1) is 7.11 Å². The highest BCUT2D eigenvalue weighted by Crippen LogP contribution is 2.43. The van der Waals surface area contributed by atoms with Gasteiger partial charge in [-0.1, -0.05) is 169 Å². The molecule has 6 aromatic carbocycles. The van der Waals surface area contributed by atoms with Gasteiger partial charge in [0.15, 0.2) is 16.9 Å². The predicted octanol–water partition coefficient (Wildman–Crippen LogP) is 11.0. The third-order valence-electron chi connectivity index (χ3n) is 12.8. The van der Waals surface area contributed by atoms with E-state index in [0.717, 1.165) is 27.8 Å². The van der Waals surface area contributed by atoms with Crippen molar-refractivity contribution in [2.45, 2.75) is 35.8 Å². The number of nitrogens with one attached hydrogen (secondary N) is 2. The fourth-order valence-electron chi connectivity index (χ4n) is 9.04. The number of aromatic nitrogens is 1. The van der Waals surface area contributed by atoms with Gasteiger partial charge in [-0.15, -0.1) is 34.7 Å². The van der Waals surface area contributed by atoms with Crippen molar-refractivity contribution in [2.75, 3.05) is 24.1 Å². The molecule has 1 saturated heterocycles. The lowest BCUT2D eigenvalue weighted by Gasteiger charge is -2.49. The minimum Gasteiger partial charge on any atom is -0.497 e. The summed E-state index contributed by atoms with van der Waals surface area (Å²) in [7, 11) is 1.56. The summed E-state index contributed by atoms with van der Waals surface area (Å²) in [5, 5.41) is 16.0. The van der Waals surface area contributed by atoms with Gasteiger partial charge in [0.1, 0.15) is 40.7 Å². The van der Waals surface area contributed by atoms with Crippen LogP contribution in [0.1, 0.15) is 56.8 Å². The lowest BCUT2D eigenvalue weighted by atomic mass is 9.77. The zero-order valence-corrected chi connectivity index (χ0v) is 43.9. The highest BCUT2D eigenvalue weighted by molar-refractivity contribution is 8.00. The van der Waals surface area contributed by atoms with E-state index < -0.39 is 52.9 Å². The molecule has 0 spiro atoms. The Morgan fingerprint density at radius 3 is 1.88 bits per heavy atom. The number of carbonyl (C=O) groups excluding carboxylic acids is 4. The van der Waals surface area contributed by atoms with E-state index in [4.69, 9.17) is 35.6 Å². The summed E-state index contributed by atoms with van der Waals surface area (Å²) in [4.78, 5) is 70.1. The number of nitrogens with zero attached hydrogens (tertiary/aromatic N) is 3. The Labute approximate surface area is 456 Å². The molecule has 0 bridgehead atoms. The van der Waals surface area contributed by atoms with Gasteiger partial charge in [-0.25, -0.2) is 14.6 Å². The smallest absolute Gasteiger partial charge is 0.356 e. The summed E-state index contributed by atoms with van der Waals surface area (Å²) in [5.41, 5.74) is 4.74. The number of β-lactam (4-membered cyclic amide) rings is 1. The van der Waals surface area contributed by atoms with Crippen molar-refractivity contribution < 1.29 is 38.2 Å². The Morgan fingerprint density at radius 1 is 0.763 bits per heavy atom. The van der Waals surface area contributed by atoms with Crippen molar-refractivity contribution in [1.29, 1.82) is 0 Å². The molecule has 76 heavy (non-hydrogen) atoms. The molecular formula is C59H48ClN5O8S3. The van der Waals surface area contributed by atoms with Gasteiger partial charge in [0.25, 0.3) is 11.8 Å². The van der Waals surface area contributed by atoms with E-state index in [0.29, 0.717) is 33.3 Å². The number of hydrogen-bond acceptors (Lipinski definition) is 14. The molecule has 2 N–H and O–H groups in total. The first-order chi connectivity index (χ1) is 37.2. The fourth-order valence-corrected chi connectivity index (χ4v) is 12.1. The highest BCUT2D eigenvalue weighted by Gasteiger charge is 2.55. The van der Waals surface area contributed by atoms with Crippen LogP contribution in [0.5, 0.6) is 5.75 Å². The molecule has 2 amide bonds. The molecule has 0 saturated carbocycles. The third kappa shape index (κ3) is 10.9. The lowest BCUT2D eigenvalue weighted by molar-refractivity contribution is -0.162. The highest BCUT2D eigenvalue weighted by atomic mass is 35.5. The van der Waals surface area contributed by atoms with Crippen LogP contribution in [0, 0.1) is 0 Å². The van der Waals surface area contributed by atoms with Crippen LogP contribution in [0.3, 0.4) is 0 Å². The molecule has 382 valence electrons. The summed E-state index contributed by atoms with van der Waals surface area (Å²) in [6, 6.07) is 56.3. The zero-order valence-electron chi connectivity index (χ0n) is 40.7. The Bertz CT molecular complexity index is 3210. The van der Waals surface area contributed by atoms with Crippen LogP contribution in [0.4, 0.5) is 5.13 Å². The summed E-state index contributed by atoms with van der Waals surface area (Å²) in [6.07, 6.45) is -2.25. The molecule has 2 aromatic heterocycles. The Morgan fingerprint density at radius 2 is 1.34 bits per heavy atom. The first kappa shape index (κ1) is 51.5. The van der Waals surface area contributed by atoms with Crippen molar-refractivity contribution in [1.82, 2.24) is 15.2 Å². The summed E-state index contributed by atoms with van der Waals surface area (Å²) in [5.74, 6) is -1.95. The van der Waals surface area contributed by atoms with Gasteiger partial charge >= 0.3 is 11.9 Å². The van der Waals surface area contributed by atoms with E-state index in [-0.39, 0.29) is 29.6 Å². The SMILES string of the molecule is COc1ccc(COC(=O)C2=C(CCl)CS[C@H]3[C@H](NC(=O)/C(=N\O[C@@H](C(=O)OC(c4ccccc4)c4ccccc4)c4ccsc4)c4csc(NC(c5ccccc5)(c5ccccc5)c5ccccc5)n4)C(=O)N23)cc1. The number of fused-ring (bicyclic) bond motifs is 1. The second-order valence-corrected chi connectivity index (χ2v) is 20.5. The molecule has 0 aliphatic carbocycles. The van der Waals surface area contributed by atoms with E-state index in [1.807, 2.05) is 152 Å². The topological polar surface area (TPSA) is 158 Å². The lowest BCUT2D eigenvalue weighted by Crippen LogP contribution is -2.71. The molecule has 0 radical (unpaired) electrons. The monoisotopic (exact) mass is 1090 g/mol. The summed E-state index contributed by atoms with van der Waals surface area (Å²) >= 11 is 10.3. The molecule has 4 heterocycles. The number of amides is 2. The van der Waals surface area contributed by atoms with Crippen molar-refractivity contribution in [3.05, 3.63) is 254 Å². The second-order valence-electron chi connectivity index (χ2n) is 17.5. The number of ether oxygens (including phenoxy) is 3. The molecular weight excluding hydrogens is 1040 g/mol. The standard InChI is InChI=1S/C59H48ClN5O8S3/c1-70-46-29-27-38(28-30-46)34-71-56(68)50-42(33-60)36-75-55-49(54(67)65(50)55)62-53(66)48(64-73-52(41-31-32-74-35-41)57(69)72-51(39-17-7-2-8-18-39)40-19-9-3-10-20-40)47-37-76-58(61-47)63-59(43-21-11-4-12-22-43,44-23-13-5-14-24-44)45-25-15-6-16-26-45/h2-32,35,37,49,51-52,55H,33-34,36H2,1H3,(H,61,63)(H,62,66)/b64-48-/t49-,52-,55+/m1/s1. The number of thiazole rings is 1. The van der Waals surface area contributed by atoms with Gasteiger partial charge in [-0.3, -0.25) is 14.5 Å². The molecule has 2 aliphatic heterocycles. The van der Waals surface area contributed by atoms with E-state index in [1.54, 1.807) is 53.6 Å². The van der Waals surface area contributed by atoms with E-state index >= 15 is 0 Å². The molecule has 3 atom stereocenters. The van der Waals surface area contributed by atoms with Crippen molar-refractivity contribution >= 4 is 80.6 Å². The normalized spacial score (nSPS) is 15.8. The molecule has 13 nitrogen and oxygen atoms in total. The number of alkyl halides is 1. The van der Waals surface area contributed by atoms with Crippen LogP contribution in [-0.4, -0.2) is 69.5 Å². The first-order valence-electron chi connectivity index (χ1n) is 24.1. The van der Waals surface area contributed by atoms with Gasteiger partial charge in [-0.05, 0) is 67.9 Å². The Balaban J connectivity index is 0.985. The zero-order chi connectivity index (χ0) is 52.4. The number of carbonyl (C=O) groups is 4. The van der Waals surface area contributed by atoms with Crippen LogP contribution in [0.25, 0.3) is 0 Å². The largest absolute Gasteiger partial charge is 0.497 e. The van der Waals surface area contributed by atoms with Crippen molar-refractivity contribution in [2.24, 2.45) is 5.16 Å². The average Bonchev–Trinajstić information content (AvgIpc) is 4.23. The van der Waals surface area contributed by atoms with Crippen molar-refractivity contribution in [3.63, 3.8) is 0 Å². The molecule has 10 rings (SSSR count). The third-order valence-corrected chi connectivity index (χ3v) is 16.0. The molecule has 2 aliphatic rings. The number of thioether (sulfide) groups is 1. The van der Waals surface area contributed by atoms with Crippen LogP contribution in [0.2, 0.25) is 0 Å². The van der Waals surface area contributed by atoms with Crippen molar-refractivity contribution in [3.8, 4) is 5.75 Å². The maximum atomic E-state index is 15.0. The number of methoxy groups -OCH3 is 1. The first-order valence-corrected chi connectivity index (χ1v) is 27.5. The van der Waals surface area contributed by atoms with Gasteiger partial charge in [-0.2, -0.15) is 11.3 Å². The number of hydrogen-bond donors (Lipinski definition) is 2. The van der Waals surface area contributed by atoms with E-state index in [1.165, 1.54) is 39.3 Å². The number of esters is 2. The minimum absolute atomic E-state index is 0.0207. The van der Waals surface area contributed by atoms with Crippen LogP contribution in [0.15, 0.2) is 215 Å². The average molecular weight is 1090 g/mol. The Hall–Kier alpha value is -8.02. The number of rotatable bonds is 20. The summed E-state index contributed by atoms with van der Waals surface area (Å²) < 4.78 is 17.3. The van der Waals surface area contributed by atoms with Gasteiger partial charge in [0.2, 0.25) is 6.10 Å². The Kier molecular flexibility index (Phi) is 16.0. The van der Waals surface area contributed by atoms with E-state index in [9.17, 15) is 19.2 Å². The number of oxime groups is 1. The molecule has 8 aromatic rings. The number of benzene rings is 6. The quantitative estimate of drug-likeness (QED) is 0.0187.